The van der Waals surface area contributed by atoms with Gasteiger partial charge in [0.05, 0.1) is 6.04 Å². The maximum absolute atomic E-state index is 4.45. The molecule has 0 saturated carbocycles. The topological polar surface area (TPSA) is 96.4 Å². The highest BCUT2D eigenvalue weighted by Gasteiger charge is 2.33. The molecule has 2 unspecified atom stereocenters. The molecule has 0 aliphatic carbocycles. The summed E-state index contributed by atoms with van der Waals surface area (Å²) in [7, 11) is 0. The Labute approximate surface area is 133 Å². The molecule has 1 fully saturated rings. The van der Waals surface area contributed by atoms with Gasteiger partial charge >= 0.3 is 0 Å². The summed E-state index contributed by atoms with van der Waals surface area (Å²) in [4.78, 5) is 15.3. The van der Waals surface area contributed by atoms with Crippen molar-refractivity contribution in [1.82, 2.24) is 35.6 Å². The Morgan fingerprint density at radius 1 is 1.00 bits per heavy atom. The van der Waals surface area contributed by atoms with Crippen LogP contribution in [-0.2, 0) is 0 Å². The highest BCUT2D eigenvalue weighted by Crippen LogP contribution is 2.38. The predicted octanol–water partition coefficient (Wildman–Crippen LogP) is 1.51. The van der Waals surface area contributed by atoms with E-state index in [4.69, 9.17) is 0 Å². The maximum Gasteiger partial charge on any atom is 0.179 e. The summed E-state index contributed by atoms with van der Waals surface area (Å²) in [5.41, 5.74) is 1.10. The number of pyridine rings is 1. The first-order valence-corrected chi connectivity index (χ1v) is 7.59. The van der Waals surface area contributed by atoms with Crippen molar-refractivity contribution in [1.29, 1.82) is 0 Å². The monoisotopic (exact) mass is 308 g/mol. The summed E-state index contributed by atoms with van der Waals surface area (Å²) < 4.78 is 0. The molecule has 1 N–H and O–H groups in total. The summed E-state index contributed by atoms with van der Waals surface area (Å²) in [5, 5.41) is 14.5. The zero-order chi connectivity index (χ0) is 15.5. The number of piperidine rings is 1. The minimum atomic E-state index is 0.141. The van der Waals surface area contributed by atoms with E-state index in [0.717, 1.165) is 36.7 Å². The second-order valence-electron chi connectivity index (χ2n) is 5.52. The number of H-pyrrole nitrogens is 1. The average Bonchev–Trinajstić information content (AvgIpc) is 3.17. The Morgan fingerprint density at radius 3 is 2.57 bits per heavy atom. The Morgan fingerprint density at radius 2 is 1.83 bits per heavy atom. The van der Waals surface area contributed by atoms with Crippen LogP contribution in [0, 0.1) is 0 Å². The van der Waals surface area contributed by atoms with Crippen molar-refractivity contribution in [2.45, 2.75) is 24.8 Å². The van der Waals surface area contributed by atoms with Crippen molar-refractivity contribution in [3.8, 4) is 0 Å². The maximum atomic E-state index is 4.45. The lowest BCUT2D eigenvalue weighted by Crippen LogP contribution is -2.38. The van der Waals surface area contributed by atoms with E-state index in [-0.39, 0.29) is 12.0 Å². The van der Waals surface area contributed by atoms with Gasteiger partial charge in [-0.2, -0.15) is 5.21 Å². The number of hydrogen-bond donors (Lipinski definition) is 1. The summed E-state index contributed by atoms with van der Waals surface area (Å²) in [5.74, 6) is 1.84. The number of hydrogen-bond acceptors (Lipinski definition) is 7. The molecule has 1 aliphatic heterocycles. The second kappa shape index (κ2) is 6.07. The third-order valence-corrected chi connectivity index (χ3v) is 4.19. The van der Waals surface area contributed by atoms with Crippen molar-refractivity contribution in [2.24, 2.45) is 0 Å². The van der Waals surface area contributed by atoms with Crippen LogP contribution in [0.15, 0.2) is 43.0 Å². The lowest BCUT2D eigenvalue weighted by atomic mass is 9.91. The van der Waals surface area contributed by atoms with Gasteiger partial charge in [0.25, 0.3) is 0 Å². The van der Waals surface area contributed by atoms with Crippen LogP contribution in [0.1, 0.15) is 36.5 Å². The number of tetrazole rings is 1. The molecule has 8 heteroatoms. The van der Waals surface area contributed by atoms with Gasteiger partial charge in [-0.1, -0.05) is 5.21 Å². The lowest BCUT2D eigenvalue weighted by Gasteiger charge is -2.39. The normalized spacial score (nSPS) is 21.3. The Bertz CT molecular complexity index is 731. The quantitative estimate of drug-likeness (QED) is 0.783. The second-order valence-corrected chi connectivity index (χ2v) is 5.52. The minimum Gasteiger partial charge on any atom is -0.360 e. The van der Waals surface area contributed by atoms with E-state index < -0.39 is 0 Å². The van der Waals surface area contributed by atoms with Gasteiger partial charge < -0.3 is 4.90 Å². The van der Waals surface area contributed by atoms with Crippen molar-refractivity contribution in [3.63, 3.8) is 0 Å². The average molecular weight is 308 g/mol. The van der Waals surface area contributed by atoms with Gasteiger partial charge in [0, 0.05) is 42.9 Å². The number of nitrogens with zero attached hydrogens (tertiary/aromatic N) is 7. The molecule has 0 spiro atoms. The fraction of sp³-hybridized carbons (Fsp3) is 0.333. The molecule has 3 aromatic rings. The first-order valence-electron chi connectivity index (χ1n) is 7.59. The standard InChI is InChI=1S/C15H16N8/c1-6-17-15(18-7-1)13-3-2-11(14-19-21-22-20-14)10-23(13)12-4-8-16-9-5-12/h1,4-9,11,13H,2-3,10H2,(H,19,20,21,22). The van der Waals surface area contributed by atoms with Crippen LogP contribution in [-0.4, -0.2) is 42.1 Å². The van der Waals surface area contributed by atoms with Gasteiger partial charge in [0.1, 0.15) is 0 Å². The van der Waals surface area contributed by atoms with Gasteiger partial charge in [-0.15, -0.1) is 10.2 Å². The third kappa shape index (κ3) is 2.75. The van der Waals surface area contributed by atoms with Gasteiger partial charge in [0.15, 0.2) is 11.6 Å². The van der Waals surface area contributed by atoms with Crippen LogP contribution in [0.5, 0.6) is 0 Å². The highest BCUT2D eigenvalue weighted by atomic mass is 15.5. The van der Waals surface area contributed by atoms with E-state index in [2.05, 4.69) is 40.5 Å². The van der Waals surface area contributed by atoms with Crippen LogP contribution < -0.4 is 4.90 Å². The molecule has 116 valence electrons. The fourth-order valence-corrected chi connectivity index (χ4v) is 3.10. The number of aromatic nitrogens is 7. The van der Waals surface area contributed by atoms with Crippen LogP contribution in [0.2, 0.25) is 0 Å². The molecular weight excluding hydrogens is 292 g/mol. The zero-order valence-electron chi connectivity index (χ0n) is 12.4. The smallest absolute Gasteiger partial charge is 0.179 e. The van der Waals surface area contributed by atoms with E-state index in [9.17, 15) is 0 Å². The number of anilines is 1. The van der Waals surface area contributed by atoms with Gasteiger partial charge in [-0.25, -0.2) is 9.97 Å². The van der Waals surface area contributed by atoms with Crippen LogP contribution in [0.3, 0.4) is 0 Å². The summed E-state index contributed by atoms with van der Waals surface area (Å²) >= 11 is 0. The third-order valence-electron chi connectivity index (χ3n) is 4.19. The summed E-state index contributed by atoms with van der Waals surface area (Å²) in [6, 6.07) is 6.00. The van der Waals surface area contributed by atoms with E-state index in [1.807, 2.05) is 18.2 Å². The molecule has 4 heterocycles. The molecule has 4 rings (SSSR count). The van der Waals surface area contributed by atoms with Crippen LogP contribution in [0.25, 0.3) is 0 Å². The molecular formula is C15H16N8. The van der Waals surface area contributed by atoms with E-state index >= 15 is 0 Å². The Hall–Kier alpha value is -2.90. The Kier molecular flexibility index (Phi) is 3.63. The van der Waals surface area contributed by atoms with E-state index in [1.165, 1.54) is 0 Å². The number of aromatic amines is 1. The fourth-order valence-electron chi connectivity index (χ4n) is 3.10. The van der Waals surface area contributed by atoms with Gasteiger partial charge in [-0.3, -0.25) is 4.98 Å². The largest absolute Gasteiger partial charge is 0.360 e. The van der Waals surface area contributed by atoms with E-state index in [1.54, 1.807) is 24.8 Å². The van der Waals surface area contributed by atoms with Crippen LogP contribution in [0.4, 0.5) is 5.69 Å². The molecule has 3 aromatic heterocycles. The molecule has 0 amide bonds. The predicted molar refractivity (Wildman–Crippen MR) is 82.5 cm³/mol. The Balaban J connectivity index is 1.67. The van der Waals surface area contributed by atoms with Crippen molar-refractivity contribution in [3.05, 3.63) is 54.6 Å². The van der Waals surface area contributed by atoms with Gasteiger partial charge in [-0.05, 0) is 31.0 Å². The summed E-state index contributed by atoms with van der Waals surface area (Å²) in [6.07, 6.45) is 9.10. The first kappa shape index (κ1) is 13.7. The van der Waals surface area contributed by atoms with E-state index in [0.29, 0.717) is 0 Å². The molecule has 1 saturated heterocycles. The minimum absolute atomic E-state index is 0.141. The van der Waals surface area contributed by atoms with Crippen molar-refractivity contribution >= 4 is 5.69 Å². The van der Waals surface area contributed by atoms with Crippen LogP contribution >= 0.6 is 0 Å². The molecule has 0 aromatic carbocycles. The highest BCUT2D eigenvalue weighted by molar-refractivity contribution is 5.47. The molecule has 23 heavy (non-hydrogen) atoms. The zero-order valence-corrected chi connectivity index (χ0v) is 12.4. The molecule has 8 nitrogen and oxygen atoms in total. The van der Waals surface area contributed by atoms with Gasteiger partial charge in [0.2, 0.25) is 0 Å². The SMILES string of the molecule is c1cnc(C2CCC(c3nn[nH]n3)CN2c2ccncc2)nc1. The molecule has 2 atom stereocenters. The molecule has 0 bridgehead atoms. The number of nitrogens with one attached hydrogen (secondary N) is 1. The molecule has 1 aliphatic rings. The lowest BCUT2D eigenvalue weighted by molar-refractivity contribution is 0.405. The van der Waals surface area contributed by atoms with Crippen molar-refractivity contribution < 1.29 is 0 Å². The summed E-state index contributed by atoms with van der Waals surface area (Å²) in [6.45, 7) is 0.798. The molecule has 0 radical (unpaired) electrons. The van der Waals surface area contributed by atoms with Crippen molar-refractivity contribution in [2.75, 3.05) is 11.4 Å². The first-order chi connectivity index (χ1) is 11.4. The number of rotatable bonds is 3.